The molecule has 7 nitrogen and oxygen atoms in total. The van der Waals surface area contributed by atoms with Gasteiger partial charge in [0.25, 0.3) is 0 Å². The zero-order chi connectivity index (χ0) is 21.4. The fourth-order valence-corrected chi connectivity index (χ4v) is 2.97. The van der Waals surface area contributed by atoms with E-state index in [0.717, 1.165) is 23.8 Å². The molecule has 0 aromatic heterocycles. The molecule has 1 amide bonds. The molecule has 154 valence electrons. The summed E-state index contributed by atoms with van der Waals surface area (Å²) in [5.74, 6) is -2.57. The standard InChI is InChI=1S/C21H22ClNO6/c1-29-21(28)20(27)17(23-18(24)9-10-19(25)26)11-13-5-7-14(8-6-13)15-3-2-4-16(22)12-15/h2-8,12,17,20,27H,9-11H2,1H3,(H,23,24)(H,25,26). The summed E-state index contributed by atoms with van der Waals surface area (Å²) in [4.78, 5) is 34.3. The molecule has 2 aromatic carbocycles. The first-order valence-corrected chi connectivity index (χ1v) is 9.30. The fourth-order valence-electron chi connectivity index (χ4n) is 2.78. The summed E-state index contributed by atoms with van der Waals surface area (Å²) in [6.07, 6.45) is -2.03. The Morgan fingerprint density at radius 3 is 2.34 bits per heavy atom. The van der Waals surface area contributed by atoms with Crippen LogP contribution in [0.2, 0.25) is 5.02 Å². The third-order valence-corrected chi connectivity index (χ3v) is 4.54. The predicted molar refractivity (Wildman–Crippen MR) is 107 cm³/mol. The van der Waals surface area contributed by atoms with Crippen molar-refractivity contribution in [3.05, 3.63) is 59.1 Å². The molecule has 29 heavy (non-hydrogen) atoms. The highest BCUT2D eigenvalue weighted by molar-refractivity contribution is 6.30. The Morgan fingerprint density at radius 1 is 1.07 bits per heavy atom. The number of methoxy groups -OCH3 is 1. The molecule has 0 radical (unpaired) electrons. The lowest BCUT2D eigenvalue weighted by Crippen LogP contribution is -2.48. The number of rotatable bonds is 9. The van der Waals surface area contributed by atoms with Crippen LogP contribution in [0.15, 0.2) is 48.5 Å². The van der Waals surface area contributed by atoms with Gasteiger partial charge in [0.05, 0.1) is 19.6 Å². The van der Waals surface area contributed by atoms with Gasteiger partial charge in [-0.1, -0.05) is 48.0 Å². The summed E-state index contributed by atoms with van der Waals surface area (Å²) in [5, 5.41) is 22.0. The summed E-state index contributed by atoms with van der Waals surface area (Å²) < 4.78 is 4.55. The number of benzene rings is 2. The molecule has 0 saturated carbocycles. The van der Waals surface area contributed by atoms with Crippen molar-refractivity contribution in [3.8, 4) is 11.1 Å². The zero-order valence-electron chi connectivity index (χ0n) is 15.8. The Labute approximate surface area is 173 Å². The molecule has 3 N–H and O–H groups in total. The SMILES string of the molecule is COC(=O)C(O)C(Cc1ccc(-c2cccc(Cl)c2)cc1)NC(=O)CCC(=O)O. The maximum Gasteiger partial charge on any atom is 0.336 e. The highest BCUT2D eigenvalue weighted by Gasteiger charge is 2.28. The summed E-state index contributed by atoms with van der Waals surface area (Å²) >= 11 is 6.02. The van der Waals surface area contributed by atoms with Gasteiger partial charge in [-0.2, -0.15) is 0 Å². The van der Waals surface area contributed by atoms with Crippen molar-refractivity contribution in [3.63, 3.8) is 0 Å². The number of hydrogen-bond acceptors (Lipinski definition) is 5. The molecule has 0 aliphatic carbocycles. The van der Waals surface area contributed by atoms with Gasteiger partial charge < -0.3 is 20.3 Å². The molecule has 0 heterocycles. The van der Waals surface area contributed by atoms with E-state index in [9.17, 15) is 19.5 Å². The molecule has 0 aliphatic rings. The quantitative estimate of drug-likeness (QED) is 0.538. The van der Waals surface area contributed by atoms with Gasteiger partial charge in [-0.05, 0) is 35.2 Å². The second kappa shape index (κ2) is 10.6. The summed E-state index contributed by atoms with van der Waals surface area (Å²) in [7, 11) is 1.13. The second-order valence-corrected chi connectivity index (χ2v) is 6.88. The van der Waals surface area contributed by atoms with Gasteiger partial charge >= 0.3 is 11.9 Å². The zero-order valence-corrected chi connectivity index (χ0v) is 16.6. The first-order valence-electron chi connectivity index (χ1n) is 8.92. The molecule has 0 bridgehead atoms. The fraction of sp³-hybridized carbons (Fsp3) is 0.286. The molecule has 8 heteroatoms. The molecule has 0 aliphatic heterocycles. The van der Waals surface area contributed by atoms with Crippen LogP contribution in [0.1, 0.15) is 18.4 Å². The lowest BCUT2D eigenvalue weighted by Gasteiger charge is -2.22. The van der Waals surface area contributed by atoms with Gasteiger partial charge in [-0.25, -0.2) is 4.79 Å². The van der Waals surface area contributed by atoms with Crippen LogP contribution in [0.5, 0.6) is 0 Å². The number of halogens is 1. The Morgan fingerprint density at radius 2 is 1.76 bits per heavy atom. The Hall–Kier alpha value is -2.90. The maximum absolute atomic E-state index is 12.0. The van der Waals surface area contributed by atoms with E-state index in [1.807, 2.05) is 42.5 Å². The van der Waals surface area contributed by atoms with Crippen molar-refractivity contribution in [2.75, 3.05) is 7.11 Å². The van der Waals surface area contributed by atoms with E-state index >= 15 is 0 Å². The van der Waals surface area contributed by atoms with Gasteiger partial charge in [0, 0.05) is 11.4 Å². The molecule has 2 rings (SSSR count). The molecule has 0 fully saturated rings. The van der Waals surface area contributed by atoms with Crippen LogP contribution < -0.4 is 5.32 Å². The van der Waals surface area contributed by atoms with Gasteiger partial charge in [0.2, 0.25) is 5.91 Å². The van der Waals surface area contributed by atoms with Crippen LogP contribution in [-0.4, -0.2) is 47.3 Å². The average molecular weight is 420 g/mol. The second-order valence-electron chi connectivity index (χ2n) is 6.45. The van der Waals surface area contributed by atoms with Crippen molar-refractivity contribution >= 4 is 29.4 Å². The number of carbonyl (C=O) groups excluding carboxylic acids is 2. The van der Waals surface area contributed by atoms with Crippen LogP contribution in [0.3, 0.4) is 0 Å². The number of carboxylic acid groups (broad SMARTS) is 1. The number of aliphatic hydroxyl groups is 1. The average Bonchev–Trinajstić information content (AvgIpc) is 2.71. The maximum atomic E-state index is 12.0. The monoisotopic (exact) mass is 419 g/mol. The van der Waals surface area contributed by atoms with Crippen LogP contribution in [0.4, 0.5) is 0 Å². The van der Waals surface area contributed by atoms with Crippen molar-refractivity contribution in [1.29, 1.82) is 0 Å². The number of aliphatic hydroxyl groups excluding tert-OH is 1. The van der Waals surface area contributed by atoms with Gasteiger partial charge in [0.1, 0.15) is 0 Å². The summed E-state index contributed by atoms with van der Waals surface area (Å²) in [5.41, 5.74) is 2.64. The van der Waals surface area contributed by atoms with Crippen molar-refractivity contribution in [2.45, 2.75) is 31.4 Å². The van der Waals surface area contributed by atoms with E-state index in [0.29, 0.717) is 5.02 Å². The normalized spacial score (nSPS) is 12.7. The van der Waals surface area contributed by atoms with Crippen molar-refractivity contribution in [2.24, 2.45) is 0 Å². The third kappa shape index (κ3) is 6.89. The minimum Gasteiger partial charge on any atom is -0.481 e. The van der Waals surface area contributed by atoms with E-state index in [4.69, 9.17) is 16.7 Å². The number of hydrogen-bond donors (Lipinski definition) is 3. The Bertz CT molecular complexity index is 868. The van der Waals surface area contributed by atoms with Gasteiger partial charge in [0.15, 0.2) is 6.10 Å². The number of ether oxygens (including phenoxy) is 1. The van der Waals surface area contributed by atoms with Crippen LogP contribution in [0.25, 0.3) is 11.1 Å². The number of carboxylic acids is 1. The van der Waals surface area contributed by atoms with E-state index in [-0.39, 0.29) is 19.3 Å². The van der Waals surface area contributed by atoms with Crippen LogP contribution in [-0.2, 0) is 25.5 Å². The molecule has 2 unspecified atom stereocenters. The third-order valence-electron chi connectivity index (χ3n) is 4.30. The van der Waals surface area contributed by atoms with Crippen molar-refractivity contribution in [1.82, 2.24) is 5.32 Å². The molecule has 2 atom stereocenters. The minimum absolute atomic E-state index is 0.158. The van der Waals surface area contributed by atoms with Crippen LogP contribution in [0, 0.1) is 0 Å². The Balaban J connectivity index is 2.13. The number of carbonyl (C=O) groups is 3. The number of esters is 1. The van der Waals surface area contributed by atoms with E-state index in [1.165, 1.54) is 0 Å². The first kappa shape index (κ1) is 22.4. The van der Waals surface area contributed by atoms with Gasteiger partial charge in [-0.15, -0.1) is 0 Å². The molecular weight excluding hydrogens is 398 g/mol. The number of amides is 1. The van der Waals surface area contributed by atoms with Crippen LogP contribution >= 0.6 is 11.6 Å². The largest absolute Gasteiger partial charge is 0.481 e. The minimum atomic E-state index is -1.58. The molecule has 0 saturated heterocycles. The first-order chi connectivity index (χ1) is 13.8. The highest BCUT2D eigenvalue weighted by atomic mass is 35.5. The van der Waals surface area contributed by atoms with Gasteiger partial charge in [-0.3, -0.25) is 9.59 Å². The lowest BCUT2D eigenvalue weighted by molar-refractivity contribution is -0.152. The Kier molecular flexibility index (Phi) is 8.18. The van der Waals surface area contributed by atoms with E-state index in [1.54, 1.807) is 6.07 Å². The molecule has 2 aromatic rings. The lowest BCUT2D eigenvalue weighted by atomic mass is 9.98. The predicted octanol–water partition coefficient (Wildman–Crippen LogP) is 2.43. The molecule has 0 spiro atoms. The van der Waals surface area contributed by atoms with E-state index in [2.05, 4.69) is 10.1 Å². The number of aliphatic carboxylic acids is 1. The molecular formula is C21H22ClNO6. The van der Waals surface area contributed by atoms with Crippen molar-refractivity contribution < 1.29 is 29.3 Å². The topological polar surface area (TPSA) is 113 Å². The summed E-state index contributed by atoms with van der Waals surface area (Å²) in [6, 6.07) is 13.8. The number of nitrogens with one attached hydrogen (secondary N) is 1. The summed E-state index contributed by atoms with van der Waals surface area (Å²) in [6.45, 7) is 0. The van der Waals surface area contributed by atoms with E-state index < -0.39 is 30.0 Å². The highest BCUT2D eigenvalue weighted by Crippen LogP contribution is 2.23. The smallest absolute Gasteiger partial charge is 0.336 e.